The number of carbonyl (C=O) groups is 1. The predicted molar refractivity (Wildman–Crippen MR) is 119 cm³/mol. The third kappa shape index (κ3) is 5.60. The molecule has 0 aliphatic heterocycles. The van der Waals surface area contributed by atoms with Crippen LogP contribution in [0.4, 0.5) is 0 Å². The summed E-state index contributed by atoms with van der Waals surface area (Å²) in [7, 11) is 1.84. The molecule has 0 radical (unpaired) electrons. The number of ketones is 1. The standard InChI is InChI=1S/C25H28N2O3/c1-18(2)21-9-7-20(8-10-21)16-30-26-19(3)22-11-13-23(14-12-22)29-17-25(28)24-6-5-15-27(24)4/h5-15,18H,16-17H2,1-4H3. The SMILES string of the molecule is CC(=NOCc1ccc(C(C)C)cc1)c1ccc(OCC(=O)c2cccn2C)cc1. The second kappa shape index (κ2) is 9.92. The average molecular weight is 405 g/mol. The molecule has 3 rings (SSSR count). The van der Waals surface area contributed by atoms with E-state index < -0.39 is 0 Å². The summed E-state index contributed by atoms with van der Waals surface area (Å²) in [6.45, 7) is 6.69. The zero-order valence-electron chi connectivity index (χ0n) is 18.0. The van der Waals surface area contributed by atoms with Gasteiger partial charge in [0.25, 0.3) is 0 Å². The Balaban J connectivity index is 1.50. The number of nitrogens with zero attached hydrogens (tertiary/aromatic N) is 2. The van der Waals surface area contributed by atoms with Crippen LogP contribution in [0.3, 0.4) is 0 Å². The van der Waals surface area contributed by atoms with Gasteiger partial charge in [0.15, 0.2) is 6.61 Å². The minimum atomic E-state index is -0.0563. The van der Waals surface area contributed by atoms with E-state index in [1.165, 1.54) is 5.56 Å². The highest BCUT2D eigenvalue weighted by Crippen LogP contribution is 2.16. The van der Waals surface area contributed by atoms with Gasteiger partial charge in [-0.15, -0.1) is 0 Å². The molecular weight excluding hydrogens is 376 g/mol. The summed E-state index contributed by atoms with van der Waals surface area (Å²) in [6, 6.07) is 19.5. The van der Waals surface area contributed by atoms with Gasteiger partial charge in [0.2, 0.25) is 5.78 Å². The Labute approximate surface area is 177 Å². The zero-order chi connectivity index (χ0) is 21.5. The van der Waals surface area contributed by atoms with Crippen molar-refractivity contribution in [1.29, 1.82) is 0 Å². The third-order valence-corrected chi connectivity index (χ3v) is 4.95. The largest absolute Gasteiger partial charge is 0.485 e. The van der Waals surface area contributed by atoms with Gasteiger partial charge in [-0.2, -0.15) is 0 Å². The molecule has 5 nitrogen and oxygen atoms in total. The van der Waals surface area contributed by atoms with Gasteiger partial charge in [0.1, 0.15) is 12.4 Å². The number of hydrogen-bond donors (Lipinski definition) is 0. The summed E-state index contributed by atoms with van der Waals surface area (Å²) in [6.07, 6.45) is 1.84. The quantitative estimate of drug-likeness (QED) is 0.274. The van der Waals surface area contributed by atoms with Crippen LogP contribution in [0.15, 0.2) is 72.0 Å². The molecule has 0 saturated carbocycles. The first-order valence-corrected chi connectivity index (χ1v) is 10.1. The van der Waals surface area contributed by atoms with Gasteiger partial charge in [-0.05, 0) is 65.9 Å². The van der Waals surface area contributed by atoms with E-state index in [-0.39, 0.29) is 12.4 Å². The van der Waals surface area contributed by atoms with Crippen LogP contribution in [0.2, 0.25) is 0 Å². The Morgan fingerprint density at radius 2 is 1.73 bits per heavy atom. The lowest BCUT2D eigenvalue weighted by atomic mass is 10.0. The molecule has 0 fully saturated rings. The highest BCUT2D eigenvalue weighted by atomic mass is 16.6. The maximum absolute atomic E-state index is 12.2. The maximum atomic E-state index is 12.2. The van der Waals surface area contributed by atoms with E-state index in [0.717, 1.165) is 16.8 Å². The molecule has 2 aromatic carbocycles. The molecule has 1 heterocycles. The van der Waals surface area contributed by atoms with Crippen LogP contribution in [0.5, 0.6) is 5.75 Å². The summed E-state index contributed by atoms with van der Waals surface area (Å²) in [5.41, 5.74) is 4.74. The summed E-state index contributed by atoms with van der Waals surface area (Å²) in [4.78, 5) is 17.7. The van der Waals surface area contributed by atoms with Gasteiger partial charge in [0, 0.05) is 13.2 Å². The molecule has 0 aliphatic rings. The molecule has 0 atom stereocenters. The van der Waals surface area contributed by atoms with Crippen molar-refractivity contribution in [1.82, 2.24) is 4.57 Å². The van der Waals surface area contributed by atoms with Gasteiger partial charge < -0.3 is 14.1 Å². The van der Waals surface area contributed by atoms with E-state index in [1.807, 2.05) is 50.5 Å². The average Bonchev–Trinajstić information content (AvgIpc) is 3.18. The molecule has 0 spiro atoms. The van der Waals surface area contributed by atoms with Crippen molar-refractivity contribution in [3.05, 3.63) is 89.2 Å². The molecule has 0 N–H and O–H groups in total. The van der Waals surface area contributed by atoms with E-state index in [4.69, 9.17) is 9.57 Å². The fourth-order valence-corrected chi connectivity index (χ4v) is 3.02. The third-order valence-electron chi connectivity index (χ3n) is 4.95. The van der Waals surface area contributed by atoms with Crippen LogP contribution >= 0.6 is 0 Å². The van der Waals surface area contributed by atoms with E-state index in [9.17, 15) is 4.79 Å². The van der Waals surface area contributed by atoms with Crippen molar-refractivity contribution in [2.24, 2.45) is 12.2 Å². The van der Waals surface area contributed by atoms with Gasteiger partial charge in [-0.1, -0.05) is 43.3 Å². The topological polar surface area (TPSA) is 52.8 Å². The number of ether oxygens (including phenoxy) is 1. The lowest BCUT2D eigenvalue weighted by Crippen LogP contribution is -2.14. The van der Waals surface area contributed by atoms with Gasteiger partial charge in [0.05, 0.1) is 11.4 Å². The molecule has 30 heavy (non-hydrogen) atoms. The van der Waals surface area contributed by atoms with Crippen molar-refractivity contribution < 1.29 is 14.4 Å². The molecule has 0 bridgehead atoms. The lowest BCUT2D eigenvalue weighted by molar-refractivity contribution is 0.0913. The van der Waals surface area contributed by atoms with Crippen molar-refractivity contribution in [2.75, 3.05) is 6.61 Å². The van der Waals surface area contributed by atoms with E-state index >= 15 is 0 Å². The van der Waals surface area contributed by atoms with E-state index in [2.05, 4.69) is 43.3 Å². The van der Waals surface area contributed by atoms with Crippen molar-refractivity contribution in [2.45, 2.75) is 33.3 Å². The Morgan fingerprint density at radius 3 is 2.33 bits per heavy atom. The smallest absolute Gasteiger partial charge is 0.216 e. The van der Waals surface area contributed by atoms with E-state index in [1.54, 1.807) is 10.6 Å². The monoisotopic (exact) mass is 404 g/mol. The van der Waals surface area contributed by atoms with Crippen molar-refractivity contribution >= 4 is 11.5 Å². The Hall–Kier alpha value is -3.34. The van der Waals surface area contributed by atoms with E-state index in [0.29, 0.717) is 24.0 Å². The van der Waals surface area contributed by atoms with Crippen LogP contribution in [0.25, 0.3) is 0 Å². The maximum Gasteiger partial charge on any atom is 0.216 e. The molecular formula is C25H28N2O3. The number of carbonyl (C=O) groups excluding carboxylic acids is 1. The number of benzene rings is 2. The summed E-state index contributed by atoms with van der Waals surface area (Å²) < 4.78 is 7.40. The van der Waals surface area contributed by atoms with Crippen LogP contribution in [-0.2, 0) is 18.5 Å². The number of oxime groups is 1. The second-order valence-electron chi connectivity index (χ2n) is 7.59. The first kappa shape index (κ1) is 21.4. The molecule has 0 saturated heterocycles. The van der Waals surface area contributed by atoms with Gasteiger partial charge in [-0.25, -0.2) is 0 Å². The molecule has 3 aromatic rings. The number of Topliss-reactive ketones (excluding diaryl/α,β-unsaturated/α-hetero) is 1. The fraction of sp³-hybridized carbons (Fsp3) is 0.280. The van der Waals surface area contributed by atoms with Gasteiger partial charge >= 0.3 is 0 Å². The van der Waals surface area contributed by atoms with Crippen LogP contribution in [0, 0.1) is 0 Å². The highest BCUT2D eigenvalue weighted by Gasteiger charge is 2.10. The van der Waals surface area contributed by atoms with Crippen LogP contribution in [0.1, 0.15) is 53.9 Å². The lowest BCUT2D eigenvalue weighted by Gasteiger charge is -2.08. The minimum Gasteiger partial charge on any atom is -0.485 e. The first-order chi connectivity index (χ1) is 14.4. The summed E-state index contributed by atoms with van der Waals surface area (Å²) >= 11 is 0. The molecule has 0 amide bonds. The normalized spacial score (nSPS) is 11.6. The van der Waals surface area contributed by atoms with Crippen LogP contribution in [-0.4, -0.2) is 22.7 Å². The fourth-order valence-electron chi connectivity index (χ4n) is 3.02. The number of hydrogen-bond acceptors (Lipinski definition) is 4. The zero-order valence-corrected chi connectivity index (χ0v) is 18.0. The Morgan fingerprint density at radius 1 is 1.03 bits per heavy atom. The summed E-state index contributed by atoms with van der Waals surface area (Å²) in [5.74, 6) is 1.10. The second-order valence-corrected chi connectivity index (χ2v) is 7.59. The first-order valence-electron chi connectivity index (χ1n) is 10.1. The van der Waals surface area contributed by atoms with Crippen LogP contribution < -0.4 is 4.74 Å². The van der Waals surface area contributed by atoms with Gasteiger partial charge in [-0.3, -0.25) is 4.79 Å². The summed E-state index contributed by atoms with van der Waals surface area (Å²) in [5, 5.41) is 4.21. The Kier molecular flexibility index (Phi) is 7.07. The minimum absolute atomic E-state index is 0.00296. The molecule has 156 valence electrons. The van der Waals surface area contributed by atoms with Crippen molar-refractivity contribution in [3.63, 3.8) is 0 Å². The number of rotatable bonds is 9. The Bertz CT molecular complexity index is 1000. The molecule has 0 unspecified atom stereocenters. The predicted octanol–water partition coefficient (Wildman–Crippen LogP) is 5.35. The molecule has 1 aromatic heterocycles. The number of aryl methyl sites for hydroxylation is 1. The number of aromatic nitrogens is 1. The van der Waals surface area contributed by atoms with Crippen molar-refractivity contribution in [3.8, 4) is 5.75 Å². The molecule has 0 aliphatic carbocycles. The highest BCUT2D eigenvalue weighted by molar-refractivity contribution is 5.98. The molecule has 5 heteroatoms.